The molecule has 0 bridgehead atoms. The number of rotatable bonds is 5. The molecular formula is C19H26BFN2O2S. The normalized spacial score (nSPS) is 19.5. The second-order valence-electron chi connectivity index (χ2n) is 7.98. The zero-order valence-electron chi connectivity index (χ0n) is 16.2. The number of hydrogen-bond acceptors (Lipinski definition) is 4. The van der Waals surface area contributed by atoms with Crippen LogP contribution >= 0.6 is 11.3 Å². The highest BCUT2D eigenvalue weighted by molar-refractivity contribution is 7.08. The van der Waals surface area contributed by atoms with Crippen LogP contribution in [0.5, 0.6) is 0 Å². The Morgan fingerprint density at radius 2 is 1.96 bits per heavy atom. The molecule has 4 nitrogen and oxygen atoms in total. The second kappa shape index (κ2) is 6.95. The first kappa shape index (κ1) is 19.3. The summed E-state index contributed by atoms with van der Waals surface area (Å²) < 4.78 is 28.0. The minimum absolute atomic E-state index is 0.295. The van der Waals surface area contributed by atoms with E-state index in [2.05, 4.69) is 30.4 Å². The molecule has 0 aromatic carbocycles. The van der Waals surface area contributed by atoms with Gasteiger partial charge in [-0.1, -0.05) is 13.8 Å². The van der Waals surface area contributed by atoms with Crippen LogP contribution in [0.3, 0.4) is 0 Å². The summed E-state index contributed by atoms with van der Waals surface area (Å²) in [5, 5.41) is 8.76. The molecule has 1 saturated heterocycles. The third-order valence-corrected chi connectivity index (χ3v) is 5.84. The van der Waals surface area contributed by atoms with Crippen LogP contribution in [0.4, 0.5) is 4.39 Å². The van der Waals surface area contributed by atoms with Crippen molar-refractivity contribution in [2.75, 3.05) is 0 Å². The summed E-state index contributed by atoms with van der Waals surface area (Å²) in [7, 11) is -0.964. The van der Waals surface area contributed by atoms with Crippen LogP contribution in [-0.4, -0.2) is 28.1 Å². The molecule has 0 saturated carbocycles. The van der Waals surface area contributed by atoms with Crippen LogP contribution in [0.1, 0.15) is 53.2 Å². The molecule has 0 N–H and O–H groups in total. The summed E-state index contributed by atoms with van der Waals surface area (Å²) in [4.78, 5) is 0. The van der Waals surface area contributed by atoms with E-state index < -0.39 is 24.0 Å². The van der Waals surface area contributed by atoms with Gasteiger partial charge >= 0.3 is 7.12 Å². The molecule has 2 aromatic heterocycles. The number of aromatic nitrogens is 2. The summed E-state index contributed by atoms with van der Waals surface area (Å²) >= 11 is 1.64. The van der Waals surface area contributed by atoms with E-state index >= 15 is 0 Å². The maximum atomic E-state index is 14.7. The molecule has 0 spiro atoms. The summed E-state index contributed by atoms with van der Waals surface area (Å²) in [6, 6.07) is 4.12. The monoisotopic (exact) mass is 376 g/mol. The van der Waals surface area contributed by atoms with Gasteiger partial charge in [-0.2, -0.15) is 16.4 Å². The maximum absolute atomic E-state index is 14.7. The maximum Gasteiger partial charge on any atom is 0.524 e. The first-order chi connectivity index (χ1) is 12.1. The molecule has 0 radical (unpaired) electrons. The van der Waals surface area contributed by atoms with E-state index in [4.69, 9.17) is 9.31 Å². The van der Waals surface area contributed by atoms with E-state index in [1.165, 1.54) is 6.08 Å². The fourth-order valence-corrected chi connectivity index (χ4v) is 3.47. The molecule has 2 aromatic rings. The molecule has 3 heterocycles. The number of allylic oxidation sites excluding steroid dienone is 1. The van der Waals surface area contributed by atoms with Gasteiger partial charge in [-0.25, -0.2) is 4.39 Å². The van der Waals surface area contributed by atoms with Crippen LogP contribution in [0.25, 0.3) is 11.3 Å². The van der Waals surface area contributed by atoms with E-state index in [0.29, 0.717) is 12.5 Å². The minimum Gasteiger partial charge on any atom is -0.398 e. The Balaban J connectivity index is 1.80. The molecule has 0 aliphatic carbocycles. The number of nitrogens with zero attached hydrogens (tertiary/aromatic N) is 2. The van der Waals surface area contributed by atoms with E-state index in [0.717, 1.165) is 17.0 Å². The Kier molecular flexibility index (Phi) is 5.16. The highest BCUT2D eigenvalue weighted by Gasteiger charge is 2.52. The van der Waals surface area contributed by atoms with Crippen molar-refractivity contribution in [3.05, 3.63) is 40.4 Å². The van der Waals surface area contributed by atoms with E-state index in [9.17, 15) is 4.39 Å². The van der Waals surface area contributed by atoms with Crippen LogP contribution in [0.15, 0.2) is 34.7 Å². The average molecular weight is 376 g/mol. The third kappa shape index (κ3) is 3.66. The van der Waals surface area contributed by atoms with Crippen molar-refractivity contribution in [2.24, 2.45) is 0 Å². The van der Waals surface area contributed by atoms with Gasteiger partial charge in [-0.05, 0) is 57.2 Å². The van der Waals surface area contributed by atoms with Gasteiger partial charge < -0.3 is 9.31 Å². The fourth-order valence-electron chi connectivity index (χ4n) is 2.82. The Hall–Kier alpha value is -1.44. The molecular weight excluding hydrogens is 350 g/mol. The SMILES string of the molecule is CC(C)c1cc(-c2ccsc2)nn1CC=C(F)B1OC(C)(C)C(C)(C)O1. The highest BCUT2D eigenvalue weighted by atomic mass is 32.1. The largest absolute Gasteiger partial charge is 0.524 e. The highest BCUT2D eigenvalue weighted by Crippen LogP contribution is 2.38. The van der Waals surface area contributed by atoms with Crippen molar-refractivity contribution in [1.29, 1.82) is 0 Å². The number of thiophene rings is 1. The van der Waals surface area contributed by atoms with Crippen molar-refractivity contribution < 1.29 is 13.7 Å². The molecule has 3 rings (SSSR count). The number of halogens is 1. The zero-order chi connectivity index (χ0) is 19.1. The number of hydrogen-bond donors (Lipinski definition) is 0. The predicted molar refractivity (Wildman–Crippen MR) is 105 cm³/mol. The topological polar surface area (TPSA) is 36.3 Å². The summed E-state index contributed by atoms with van der Waals surface area (Å²) in [5.74, 6) is 0.295. The van der Waals surface area contributed by atoms with Gasteiger partial charge in [0, 0.05) is 16.6 Å². The van der Waals surface area contributed by atoms with Gasteiger partial charge in [-0.3, -0.25) is 4.68 Å². The lowest BCUT2D eigenvalue weighted by Crippen LogP contribution is -2.41. The van der Waals surface area contributed by atoms with E-state index in [-0.39, 0.29) is 0 Å². The predicted octanol–water partition coefficient (Wildman–Crippen LogP) is 5.22. The first-order valence-corrected chi connectivity index (χ1v) is 9.86. The summed E-state index contributed by atoms with van der Waals surface area (Å²) in [6.07, 6.45) is 1.50. The van der Waals surface area contributed by atoms with Gasteiger partial charge in [-0.15, -0.1) is 0 Å². The van der Waals surface area contributed by atoms with Crippen molar-refractivity contribution in [1.82, 2.24) is 9.78 Å². The quantitative estimate of drug-likeness (QED) is 0.672. The third-order valence-electron chi connectivity index (χ3n) is 5.16. The van der Waals surface area contributed by atoms with Crippen LogP contribution < -0.4 is 0 Å². The molecule has 26 heavy (non-hydrogen) atoms. The molecule has 1 aliphatic heterocycles. The lowest BCUT2D eigenvalue weighted by atomic mass is 9.88. The average Bonchev–Trinajstić information content (AvgIpc) is 3.23. The Morgan fingerprint density at radius 3 is 2.50 bits per heavy atom. The van der Waals surface area contributed by atoms with Crippen molar-refractivity contribution in [3.63, 3.8) is 0 Å². The molecule has 0 unspecified atom stereocenters. The molecule has 0 atom stereocenters. The lowest BCUT2D eigenvalue weighted by Gasteiger charge is -2.32. The van der Waals surface area contributed by atoms with Crippen LogP contribution in [0, 0.1) is 0 Å². The lowest BCUT2D eigenvalue weighted by molar-refractivity contribution is 0.00578. The Labute approximate surface area is 159 Å². The standard InChI is InChI=1S/C19H26BFN2O2S/c1-13(2)16-11-15(14-8-10-26-12-14)22-23(16)9-7-17(21)20-24-18(3,4)19(5,6)25-20/h7-8,10-13H,9H2,1-6H3. The Morgan fingerprint density at radius 1 is 1.31 bits per heavy atom. The van der Waals surface area contributed by atoms with Crippen molar-refractivity contribution >= 4 is 18.5 Å². The smallest absolute Gasteiger partial charge is 0.398 e. The van der Waals surface area contributed by atoms with Crippen LogP contribution in [0.2, 0.25) is 0 Å². The van der Waals surface area contributed by atoms with E-state index in [1.807, 2.05) is 43.8 Å². The van der Waals surface area contributed by atoms with Crippen molar-refractivity contribution in [2.45, 2.75) is 65.2 Å². The molecule has 1 aliphatic rings. The van der Waals surface area contributed by atoms with E-state index in [1.54, 1.807) is 11.3 Å². The molecule has 1 fully saturated rings. The summed E-state index contributed by atoms with van der Waals surface area (Å²) in [6.45, 7) is 12.2. The fraction of sp³-hybridized carbons (Fsp3) is 0.526. The molecule has 140 valence electrons. The molecule has 0 amide bonds. The first-order valence-electron chi connectivity index (χ1n) is 8.92. The van der Waals surface area contributed by atoms with Gasteiger partial charge in [0.15, 0.2) is 0 Å². The Bertz CT molecular complexity index is 781. The second-order valence-corrected chi connectivity index (χ2v) is 8.76. The summed E-state index contributed by atoms with van der Waals surface area (Å²) in [5.41, 5.74) is 1.56. The van der Waals surface area contributed by atoms with Gasteiger partial charge in [0.1, 0.15) is 5.73 Å². The van der Waals surface area contributed by atoms with Gasteiger partial charge in [0.05, 0.1) is 23.4 Å². The van der Waals surface area contributed by atoms with Crippen molar-refractivity contribution in [3.8, 4) is 11.3 Å². The van der Waals surface area contributed by atoms with Crippen LogP contribution in [-0.2, 0) is 15.9 Å². The molecule has 7 heteroatoms. The zero-order valence-corrected chi connectivity index (χ0v) is 17.1. The van der Waals surface area contributed by atoms with Gasteiger partial charge in [0.25, 0.3) is 0 Å². The van der Waals surface area contributed by atoms with Gasteiger partial charge in [0.2, 0.25) is 0 Å². The minimum atomic E-state index is -0.964.